The van der Waals surface area contributed by atoms with Gasteiger partial charge >= 0.3 is 0 Å². The summed E-state index contributed by atoms with van der Waals surface area (Å²) < 4.78 is 0. The van der Waals surface area contributed by atoms with Gasteiger partial charge < -0.3 is 15.5 Å². The number of H-pyrrole nitrogens is 1. The topological polar surface area (TPSA) is 81.8 Å². The quantitative estimate of drug-likeness (QED) is 0.582. The van der Waals surface area contributed by atoms with E-state index in [9.17, 15) is 0 Å². The molecule has 0 saturated carbocycles. The molecule has 1 atom stereocenters. The van der Waals surface area contributed by atoms with E-state index < -0.39 is 0 Å². The van der Waals surface area contributed by atoms with Crippen LogP contribution in [-0.2, 0) is 6.42 Å². The number of likely N-dealkylation sites (N-methyl/N-ethyl adjacent to an activating group) is 1. The zero-order valence-electron chi connectivity index (χ0n) is 16.7. The Balaban J connectivity index is 1.61. The predicted octanol–water partition coefficient (Wildman–Crippen LogP) is 3.63. The standard InChI is InChI=1S/C21H29N7/c1-3-4-6-16-12-20(28-10-5-7-18(14-28)22-2)26-21(24-16)25-17-9-8-15-13-23-27-19(15)11-17/h8-9,11-13,18,22H,3-7,10,14H2,1-2H3,(H,23,27)(H,24,25,26)/t18-/m1/s1. The summed E-state index contributed by atoms with van der Waals surface area (Å²) in [6.07, 6.45) is 7.49. The van der Waals surface area contributed by atoms with Gasteiger partial charge in [0.05, 0.1) is 11.7 Å². The molecule has 3 heterocycles. The lowest BCUT2D eigenvalue weighted by atomic mass is 10.1. The summed E-state index contributed by atoms with van der Waals surface area (Å²) in [5.41, 5.74) is 3.06. The average Bonchev–Trinajstić information content (AvgIpc) is 3.20. The zero-order chi connectivity index (χ0) is 19.3. The van der Waals surface area contributed by atoms with Gasteiger partial charge in [0.1, 0.15) is 5.82 Å². The third-order valence-electron chi connectivity index (χ3n) is 5.40. The number of aryl methyl sites for hydroxylation is 1. The molecule has 0 spiro atoms. The van der Waals surface area contributed by atoms with E-state index in [-0.39, 0.29) is 0 Å². The van der Waals surface area contributed by atoms with Crippen molar-refractivity contribution in [1.29, 1.82) is 0 Å². The zero-order valence-corrected chi connectivity index (χ0v) is 16.7. The van der Waals surface area contributed by atoms with Gasteiger partial charge in [-0.25, -0.2) is 4.98 Å². The first-order valence-corrected chi connectivity index (χ1v) is 10.3. The first-order chi connectivity index (χ1) is 13.7. The molecule has 7 nitrogen and oxygen atoms in total. The molecule has 148 valence electrons. The first-order valence-electron chi connectivity index (χ1n) is 10.3. The normalized spacial score (nSPS) is 17.2. The molecular weight excluding hydrogens is 350 g/mol. The molecule has 1 aromatic carbocycles. The van der Waals surface area contributed by atoms with Crippen LogP contribution in [0.1, 0.15) is 38.3 Å². The van der Waals surface area contributed by atoms with Gasteiger partial charge in [0.25, 0.3) is 0 Å². The molecule has 1 saturated heterocycles. The molecule has 0 aliphatic carbocycles. The van der Waals surface area contributed by atoms with Gasteiger partial charge in [-0.1, -0.05) is 13.3 Å². The Morgan fingerprint density at radius 3 is 3.04 bits per heavy atom. The largest absolute Gasteiger partial charge is 0.355 e. The molecule has 1 aliphatic rings. The van der Waals surface area contributed by atoms with Crippen LogP contribution in [0.15, 0.2) is 30.5 Å². The van der Waals surface area contributed by atoms with Crippen LogP contribution in [0.3, 0.4) is 0 Å². The number of nitrogens with zero attached hydrogens (tertiary/aromatic N) is 4. The Hall–Kier alpha value is -2.67. The summed E-state index contributed by atoms with van der Waals surface area (Å²) in [5, 5.41) is 15.0. The fourth-order valence-electron chi connectivity index (χ4n) is 3.75. The van der Waals surface area contributed by atoms with Crippen LogP contribution in [0.25, 0.3) is 10.9 Å². The van der Waals surface area contributed by atoms with Crippen molar-refractivity contribution in [3.63, 3.8) is 0 Å². The third-order valence-corrected chi connectivity index (χ3v) is 5.40. The minimum absolute atomic E-state index is 0.516. The van der Waals surface area contributed by atoms with Gasteiger partial charge in [0.2, 0.25) is 5.95 Å². The lowest BCUT2D eigenvalue weighted by Gasteiger charge is -2.33. The van der Waals surface area contributed by atoms with E-state index in [1.165, 1.54) is 12.8 Å². The summed E-state index contributed by atoms with van der Waals surface area (Å²) in [6.45, 7) is 4.24. The highest BCUT2D eigenvalue weighted by Crippen LogP contribution is 2.24. The number of hydrogen-bond donors (Lipinski definition) is 3. The van der Waals surface area contributed by atoms with Crippen molar-refractivity contribution in [2.45, 2.75) is 45.1 Å². The van der Waals surface area contributed by atoms with Crippen molar-refractivity contribution < 1.29 is 0 Å². The number of piperidine rings is 1. The van der Waals surface area contributed by atoms with Gasteiger partial charge in [-0.15, -0.1) is 0 Å². The molecule has 2 aromatic heterocycles. The maximum absolute atomic E-state index is 4.85. The summed E-state index contributed by atoms with van der Waals surface area (Å²) in [4.78, 5) is 12.0. The number of hydrogen-bond acceptors (Lipinski definition) is 6. The molecule has 28 heavy (non-hydrogen) atoms. The second kappa shape index (κ2) is 8.56. The fraction of sp³-hybridized carbons (Fsp3) is 0.476. The Bertz CT molecular complexity index is 920. The Labute approximate surface area is 166 Å². The smallest absolute Gasteiger partial charge is 0.229 e. The van der Waals surface area contributed by atoms with Crippen LogP contribution in [0, 0.1) is 0 Å². The van der Waals surface area contributed by atoms with E-state index in [0.717, 1.165) is 60.5 Å². The lowest BCUT2D eigenvalue weighted by Crippen LogP contribution is -2.44. The second-order valence-electron chi connectivity index (χ2n) is 7.52. The number of anilines is 3. The van der Waals surface area contributed by atoms with E-state index in [1.54, 1.807) is 0 Å². The van der Waals surface area contributed by atoms with Gasteiger partial charge in [0.15, 0.2) is 0 Å². The number of unbranched alkanes of at least 4 members (excludes halogenated alkanes) is 1. The van der Waals surface area contributed by atoms with E-state index >= 15 is 0 Å². The summed E-state index contributed by atoms with van der Waals surface area (Å²) in [6, 6.07) is 8.81. The van der Waals surface area contributed by atoms with Crippen molar-refractivity contribution >= 4 is 28.4 Å². The lowest BCUT2D eigenvalue weighted by molar-refractivity contribution is 0.447. The molecule has 3 aromatic rings. The SMILES string of the molecule is CCCCc1cc(N2CCC[C@@H](NC)C2)nc(Nc2ccc3cn[nH]c3c2)n1. The van der Waals surface area contributed by atoms with Crippen LogP contribution < -0.4 is 15.5 Å². The van der Waals surface area contributed by atoms with E-state index in [4.69, 9.17) is 9.97 Å². The minimum atomic E-state index is 0.516. The molecule has 3 N–H and O–H groups in total. The molecule has 0 amide bonds. The van der Waals surface area contributed by atoms with Crippen molar-refractivity contribution in [3.05, 3.63) is 36.2 Å². The van der Waals surface area contributed by atoms with Crippen LogP contribution >= 0.6 is 0 Å². The molecule has 0 bridgehead atoms. The first kappa shape index (κ1) is 18.7. The number of aromatic nitrogens is 4. The number of aromatic amines is 1. The fourth-order valence-corrected chi connectivity index (χ4v) is 3.75. The Morgan fingerprint density at radius 1 is 1.25 bits per heavy atom. The van der Waals surface area contributed by atoms with Crippen molar-refractivity contribution in [2.75, 3.05) is 30.4 Å². The van der Waals surface area contributed by atoms with Crippen molar-refractivity contribution in [1.82, 2.24) is 25.5 Å². The predicted molar refractivity (Wildman–Crippen MR) is 114 cm³/mol. The minimum Gasteiger partial charge on any atom is -0.355 e. The van der Waals surface area contributed by atoms with E-state index in [1.807, 2.05) is 31.4 Å². The van der Waals surface area contributed by atoms with Crippen LogP contribution in [0.4, 0.5) is 17.5 Å². The van der Waals surface area contributed by atoms with Crippen molar-refractivity contribution in [3.8, 4) is 0 Å². The van der Waals surface area contributed by atoms with E-state index in [2.05, 4.69) is 38.7 Å². The Morgan fingerprint density at radius 2 is 2.18 bits per heavy atom. The van der Waals surface area contributed by atoms with Gasteiger partial charge in [-0.2, -0.15) is 10.1 Å². The highest BCUT2D eigenvalue weighted by Gasteiger charge is 2.20. The maximum Gasteiger partial charge on any atom is 0.229 e. The van der Waals surface area contributed by atoms with Gasteiger partial charge in [-0.05, 0) is 50.9 Å². The van der Waals surface area contributed by atoms with Crippen molar-refractivity contribution in [2.24, 2.45) is 0 Å². The highest BCUT2D eigenvalue weighted by molar-refractivity contribution is 5.82. The highest BCUT2D eigenvalue weighted by atomic mass is 15.2. The van der Waals surface area contributed by atoms with Crippen LogP contribution in [0.5, 0.6) is 0 Å². The monoisotopic (exact) mass is 379 g/mol. The Kier molecular flexibility index (Phi) is 5.71. The number of nitrogens with one attached hydrogen (secondary N) is 3. The molecule has 0 radical (unpaired) electrons. The molecule has 1 aliphatic heterocycles. The summed E-state index contributed by atoms with van der Waals surface area (Å²) in [5.74, 6) is 1.68. The number of fused-ring (bicyclic) bond motifs is 1. The van der Waals surface area contributed by atoms with E-state index in [0.29, 0.717) is 12.0 Å². The summed E-state index contributed by atoms with van der Waals surface area (Å²) in [7, 11) is 2.04. The van der Waals surface area contributed by atoms with Gasteiger partial charge in [-0.3, -0.25) is 5.10 Å². The van der Waals surface area contributed by atoms with Gasteiger partial charge in [0, 0.05) is 42.0 Å². The average molecular weight is 380 g/mol. The van der Waals surface area contributed by atoms with Crippen LogP contribution in [0.2, 0.25) is 0 Å². The third kappa shape index (κ3) is 4.25. The second-order valence-corrected chi connectivity index (χ2v) is 7.52. The number of benzene rings is 1. The molecule has 7 heteroatoms. The van der Waals surface area contributed by atoms with Crippen LogP contribution in [-0.4, -0.2) is 46.3 Å². The molecule has 1 fully saturated rings. The number of rotatable bonds is 7. The molecule has 0 unspecified atom stereocenters. The maximum atomic E-state index is 4.85. The molecular formula is C21H29N7. The molecule has 4 rings (SSSR count). The summed E-state index contributed by atoms with van der Waals surface area (Å²) >= 11 is 0.